The van der Waals surface area contributed by atoms with Crippen LogP contribution in [0.25, 0.3) is 0 Å². The first-order valence-corrected chi connectivity index (χ1v) is 5.07. The SMILES string of the molecule is CC(C)N=C(NN)Nc1ccccc1Cl. The van der Waals surface area contributed by atoms with Gasteiger partial charge in [-0.25, -0.2) is 10.8 Å². The molecule has 5 heteroatoms. The number of rotatable bonds is 2. The summed E-state index contributed by atoms with van der Waals surface area (Å²) in [5.74, 6) is 5.83. The molecule has 0 amide bonds. The van der Waals surface area contributed by atoms with Gasteiger partial charge in [-0.05, 0) is 26.0 Å². The second-order valence-electron chi connectivity index (χ2n) is 3.32. The lowest BCUT2D eigenvalue weighted by molar-refractivity contribution is 0.819. The van der Waals surface area contributed by atoms with Crippen LogP contribution >= 0.6 is 11.6 Å². The Morgan fingerprint density at radius 2 is 2.07 bits per heavy atom. The topological polar surface area (TPSA) is 62.4 Å². The van der Waals surface area contributed by atoms with Crippen molar-refractivity contribution in [2.24, 2.45) is 10.8 Å². The first kappa shape index (κ1) is 11.8. The van der Waals surface area contributed by atoms with Crippen molar-refractivity contribution in [1.29, 1.82) is 0 Å². The first-order chi connectivity index (χ1) is 7.13. The number of nitrogens with one attached hydrogen (secondary N) is 2. The van der Waals surface area contributed by atoms with Gasteiger partial charge in [0.05, 0.1) is 10.7 Å². The molecule has 1 aromatic rings. The number of hydrazine groups is 1. The third kappa shape index (κ3) is 3.77. The molecule has 0 aliphatic heterocycles. The minimum atomic E-state index is 0.158. The molecule has 0 atom stereocenters. The number of hydrogen-bond donors (Lipinski definition) is 3. The van der Waals surface area contributed by atoms with Gasteiger partial charge < -0.3 is 5.32 Å². The van der Waals surface area contributed by atoms with Gasteiger partial charge in [-0.15, -0.1) is 0 Å². The summed E-state index contributed by atoms with van der Waals surface area (Å²) in [6, 6.07) is 7.56. The standard InChI is InChI=1S/C10H15ClN4/c1-7(2)13-10(15-12)14-9-6-4-3-5-8(9)11/h3-7H,12H2,1-2H3,(H2,13,14,15). The molecule has 1 rings (SSSR count). The Bertz CT molecular complexity index is 349. The third-order valence-electron chi connectivity index (χ3n) is 1.65. The highest BCUT2D eigenvalue weighted by Gasteiger charge is 2.02. The average molecular weight is 227 g/mol. The van der Waals surface area contributed by atoms with Gasteiger partial charge in [-0.1, -0.05) is 23.7 Å². The minimum Gasteiger partial charge on any atom is -0.324 e. The number of nitrogens with two attached hydrogens (primary N) is 1. The molecule has 0 aliphatic carbocycles. The van der Waals surface area contributed by atoms with Gasteiger partial charge in [0.25, 0.3) is 0 Å². The molecule has 0 bridgehead atoms. The van der Waals surface area contributed by atoms with Crippen molar-refractivity contribution in [3.63, 3.8) is 0 Å². The van der Waals surface area contributed by atoms with Crippen LogP contribution in [0.3, 0.4) is 0 Å². The summed E-state index contributed by atoms with van der Waals surface area (Å²) in [6.07, 6.45) is 0. The Morgan fingerprint density at radius 1 is 1.40 bits per heavy atom. The summed E-state index contributed by atoms with van der Waals surface area (Å²) in [7, 11) is 0. The maximum atomic E-state index is 5.98. The van der Waals surface area contributed by atoms with E-state index < -0.39 is 0 Å². The molecule has 0 heterocycles. The second kappa shape index (κ2) is 5.58. The Balaban J connectivity index is 2.80. The molecule has 0 aliphatic rings. The van der Waals surface area contributed by atoms with Gasteiger partial charge in [-0.2, -0.15) is 0 Å². The highest BCUT2D eigenvalue weighted by atomic mass is 35.5. The van der Waals surface area contributed by atoms with Gasteiger partial charge >= 0.3 is 0 Å². The molecule has 0 unspecified atom stereocenters. The lowest BCUT2D eigenvalue weighted by Gasteiger charge is -2.11. The average Bonchev–Trinajstić information content (AvgIpc) is 2.19. The largest absolute Gasteiger partial charge is 0.324 e. The molecule has 82 valence electrons. The monoisotopic (exact) mass is 226 g/mol. The van der Waals surface area contributed by atoms with E-state index in [0.717, 1.165) is 5.69 Å². The Morgan fingerprint density at radius 3 is 2.60 bits per heavy atom. The van der Waals surface area contributed by atoms with Crippen LogP contribution in [0.15, 0.2) is 29.3 Å². The summed E-state index contributed by atoms with van der Waals surface area (Å²) in [6.45, 7) is 3.93. The maximum absolute atomic E-state index is 5.98. The van der Waals surface area contributed by atoms with Crippen molar-refractivity contribution < 1.29 is 0 Å². The van der Waals surface area contributed by atoms with Crippen molar-refractivity contribution in [3.8, 4) is 0 Å². The van der Waals surface area contributed by atoms with E-state index in [2.05, 4.69) is 15.7 Å². The van der Waals surface area contributed by atoms with Crippen molar-refractivity contribution in [2.45, 2.75) is 19.9 Å². The van der Waals surface area contributed by atoms with E-state index in [1.807, 2.05) is 32.0 Å². The van der Waals surface area contributed by atoms with Crippen LogP contribution in [0.4, 0.5) is 5.69 Å². The zero-order valence-electron chi connectivity index (χ0n) is 8.79. The highest BCUT2D eigenvalue weighted by molar-refractivity contribution is 6.33. The number of halogens is 1. The molecule has 0 fully saturated rings. The Hall–Kier alpha value is -1.26. The lowest BCUT2D eigenvalue weighted by Crippen LogP contribution is -2.37. The number of hydrogen-bond acceptors (Lipinski definition) is 2. The Labute approximate surface area is 94.5 Å². The van der Waals surface area contributed by atoms with Gasteiger partial charge in [0.2, 0.25) is 5.96 Å². The second-order valence-corrected chi connectivity index (χ2v) is 3.73. The van der Waals surface area contributed by atoms with E-state index >= 15 is 0 Å². The maximum Gasteiger partial charge on any atom is 0.210 e. The molecule has 4 nitrogen and oxygen atoms in total. The number of anilines is 1. The normalized spacial score (nSPS) is 11.7. The van der Waals surface area contributed by atoms with Crippen molar-refractivity contribution in [3.05, 3.63) is 29.3 Å². The lowest BCUT2D eigenvalue weighted by atomic mass is 10.3. The van der Waals surface area contributed by atoms with Crippen LogP contribution in [0.2, 0.25) is 5.02 Å². The molecule has 0 saturated carbocycles. The molecule has 1 aromatic carbocycles. The fourth-order valence-electron chi connectivity index (χ4n) is 1.05. The van der Waals surface area contributed by atoms with E-state index in [9.17, 15) is 0 Å². The van der Waals surface area contributed by atoms with E-state index in [-0.39, 0.29) is 6.04 Å². The fraction of sp³-hybridized carbons (Fsp3) is 0.300. The molecule has 0 radical (unpaired) electrons. The minimum absolute atomic E-state index is 0.158. The number of para-hydroxylation sites is 1. The predicted octanol–water partition coefficient (Wildman–Crippen LogP) is 1.98. The fourth-order valence-corrected chi connectivity index (χ4v) is 1.24. The number of guanidine groups is 1. The molecule has 15 heavy (non-hydrogen) atoms. The smallest absolute Gasteiger partial charge is 0.210 e. The van der Waals surface area contributed by atoms with Gasteiger partial charge in [0.1, 0.15) is 0 Å². The van der Waals surface area contributed by atoms with Gasteiger partial charge in [0, 0.05) is 6.04 Å². The van der Waals surface area contributed by atoms with Crippen molar-refractivity contribution >= 4 is 23.2 Å². The molecule has 0 spiro atoms. The van der Waals surface area contributed by atoms with Crippen LogP contribution < -0.4 is 16.6 Å². The van der Waals surface area contributed by atoms with Crippen LogP contribution in [-0.2, 0) is 0 Å². The highest BCUT2D eigenvalue weighted by Crippen LogP contribution is 2.20. The summed E-state index contributed by atoms with van der Waals surface area (Å²) in [4.78, 5) is 4.24. The first-order valence-electron chi connectivity index (χ1n) is 4.69. The summed E-state index contributed by atoms with van der Waals surface area (Å²) < 4.78 is 0. The quantitative estimate of drug-likeness (QED) is 0.313. The third-order valence-corrected chi connectivity index (χ3v) is 1.98. The summed E-state index contributed by atoms with van der Waals surface area (Å²) >= 11 is 5.98. The summed E-state index contributed by atoms with van der Waals surface area (Å²) in [5.41, 5.74) is 3.26. The number of benzene rings is 1. The molecule has 0 aromatic heterocycles. The molecule has 4 N–H and O–H groups in total. The Kier molecular flexibility index (Phi) is 4.39. The van der Waals surface area contributed by atoms with E-state index in [4.69, 9.17) is 17.4 Å². The zero-order valence-corrected chi connectivity index (χ0v) is 9.55. The van der Waals surface area contributed by atoms with Crippen molar-refractivity contribution in [2.75, 3.05) is 5.32 Å². The molecular formula is C10H15ClN4. The van der Waals surface area contributed by atoms with Crippen LogP contribution in [0.5, 0.6) is 0 Å². The van der Waals surface area contributed by atoms with Crippen LogP contribution in [-0.4, -0.2) is 12.0 Å². The van der Waals surface area contributed by atoms with Crippen LogP contribution in [0, 0.1) is 0 Å². The van der Waals surface area contributed by atoms with Gasteiger partial charge in [0.15, 0.2) is 0 Å². The van der Waals surface area contributed by atoms with E-state index in [1.165, 1.54) is 0 Å². The van der Waals surface area contributed by atoms with E-state index in [0.29, 0.717) is 11.0 Å². The van der Waals surface area contributed by atoms with Crippen LogP contribution in [0.1, 0.15) is 13.8 Å². The molecular weight excluding hydrogens is 212 g/mol. The molecule has 0 saturated heterocycles. The van der Waals surface area contributed by atoms with E-state index in [1.54, 1.807) is 6.07 Å². The van der Waals surface area contributed by atoms with Gasteiger partial charge in [-0.3, -0.25) is 5.43 Å². The zero-order chi connectivity index (χ0) is 11.3. The predicted molar refractivity (Wildman–Crippen MR) is 65.0 cm³/mol. The number of nitrogens with zero attached hydrogens (tertiary/aromatic N) is 1. The van der Waals surface area contributed by atoms with Crippen molar-refractivity contribution in [1.82, 2.24) is 5.43 Å². The number of aliphatic imine (C=N–C) groups is 1. The summed E-state index contributed by atoms with van der Waals surface area (Å²) in [5, 5.41) is 3.64.